The Balaban J connectivity index is 1.65. The number of rotatable bonds is 41. The Morgan fingerprint density at radius 1 is 0.446 bits per heavy atom. The molecule has 0 saturated carbocycles. The number of alkyl carbamates (subject to hydrolysis) is 1. The summed E-state index contributed by atoms with van der Waals surface area (Å²) in [6.07, 6.45) is -0.459. The molecule has 0 aliphatic carbocycles. The highest BCUT2D eigenvalue weighted by atomic mass is 32.2. The molecule has 1 N–H and O–H groups in total. The number of ether oxygens (including phenoxy) is 13. The number of benzene rings is 1. The summed E-state index contributed by atoms with van der Waals surface area (Å²) in [5.41, 5.74) is -0.519. The third-order valence-corrected chi connectivity index (χ3v) is 7.83. The van der Waals surface area contributed by atoms with Crippen LogP contribution < -0.4 is 5.32 Å². The largest absolute Gasteiger partial charge is 0.444 e. The van der Waals surface area contributed by atoms with Gasteiger partial charge in [0.15, 0.2) is 0 Å². The molecule has 0 spiro atoms. The van der Waals surface area contributed by atoms with Crippen LogP contribution in [0.3, 0.4) is 0 Å². The van der Waals surface area contributed by atoms with Gasteiger partial charge in [-0.3, -0.25) is 4.18 Å². The van der Waals surface area contributed by atoms with Crippen LogP contribution >= 0.6 is 0 Å². The first-order chi connectivity index (χ1) is 27.2. The fraction of sp³-hybridized carbons (Fsp3) is 0.811. The molecule has 18 nitrogen and oxygen atoms in total. The van der Waals surface area contributed by atoms with Crippen molar-refractivity contribution < 1.29 is 79.0 Å². The summed E-state index contributed by atoms with van der Waals surface area (Å²) in [5.74, 6) is 0. The third-order valence-electron chi connectivity index (χ3n) is 6.50. The number of hydrogen-bond acceptors (Lipinski definition) is 17. The maximum Gasteiger partial charge on any atom is 0.407 e. The Morgan fingerprint density at radius 2 is 0.714 bits per heavy atom. The van der Waals surface area contributed by atoms with Crippen molar-refractivity contribution in [2.45, 2.75) is 31.3 Å². The zero-order valence-corrected chi connectivity index (χ0v) is 34.4. The molecule has 0 bridgehead atoms. The second kappa shape index (κ2) is 37.2. The molecular weight excluding hydrogens is 762 g/mol. The van der Waals surface area contributed by atoms with E-state index in [9.17, 15) is 13.2 Å². The average molecular weight is 830 g/mol. The molecule has 328 valence electrons. The fourth-order valence-electron chi connectivity index (χ4n) is 3.92. The quantitative estimate of drug-likeness (QED) is 0.0745. The zero-order chi connectivity index (χ0) is 40.7. The van der Waals surface area contributed by atoms with Gasteiger partial charge in [0.05, 0.1) is 170 Å². The second-order valence-electron chi connectivity index (χ2n) is 12.4. The monoisotopic (exact) mass is 829 g/mol. The van der Waals surface area contributed by atoms with E-state index in [1.165, 1.54) is 12.1 Å². The van der Waals surface area contributed by atoms with Crippen LogP contribution in [0.4, 0.5) is 4.79 Å². The van der Waals surface area contributed by atoms with Gasteiger partial charge in [-0.15, -0.1) is 0 Å². The summed E-state index contributed by atoms with van der Waals surface area (Å²) in [5, 5.41) is 2.63. The number of carbonyl (C=O) groups is 1. The molecule has 0 atom stereocenters. The van der Waals surface area contributed by atoms with Gasteiger partial charge in [0.1, 0.15) is 5.60 Å². The van der Waals surface area contributed by atoms with Gasteiger partial charge in [0.2, 0.25) is 0 Å². The molecule has 1 amide bonds. The Hall–Kier alpha value is -2.08. The highest BCUT2D eigenvalue weighted by Crippen LogP contribution is 2.11. The van der Waals surface area contributed by atoms with E-state index in [0.717, 1.165) is 0 Å². The van der Waals surface area contributed by atoms with Crippen LogP contribution in [-0.2, 0) is 75.9 Å². The van der Waals surface area contributed by atoms with Crippen LogP contribution in [0.5, 0.6) is 0 Å². The highest BCUT2D eigenvalue weighted by molar-refractivity contribution is 7.86. The van der Waals surface area contributed by atoms with E-state index in [2.05, 4.69) is 5.32 Å². The Labute approximate surface area is 333 Å². The minimum Gasteiger partial charge on any atom is -0.444 e. The molecule has 1 aromatic rings. The molecule has 0 heterocycles. The molecule has 19 heteroatoms. The van der Waals surface area contributed by atoms with Gasteiger partial charge in [0, 0.05) is 6.54 Å². The molecule has 0 aliphatic rings. The summed E-state index contributed by atoms with van der Waals surface area (Å²) in [7, 11) is -3.77. The number of carbonyl (C=O) groups excluding carboxylic acids is 1. The van der Waals surface area contributed by atoms with Crippen molar-refractivity contribution in [2.24, 2.45) is 0 Å². The number of hydrogen-bond donors (Lipinski definition) is 1. The summed E-state index contributed by atoms with van der Waals surface area (Å²) < 4.78 is 99.4. The van der Waals surface area contributed by atoms with Gasteiger partial charge in [-0.05, 0) is 32.9 Å². The predicted molar refractivity (Wildman–Crippen MR) is 204 cm³/mol. The van der Waals surface area contributed by atoms with Gasteiger partial charge >= 0.3 is 6.09 Å². The maximum atomic E-state index is 12.0. The summed E-state index contributed by atoms with van der Waals surface area (Å²) in [6.45, 7) is 16.2. The first kappa shape index (κ1) is 51.9. The van der Waals surface area contributed by atoms with E-state index in [0.29, 0.717) is 159 Å². The highest BCUT2D eigenvalue weighted by Gasteiger charge is 2.15. The van der Waals surface area contributed by atoms with Gasteiger partial charge in [-0.1, -0.05) is 18.2 Å². The van der Waals surface area contributed by atoms with Crippen LogP contribution in [0.1, 0.15) is 20.8 Å². The van der Waals surface area contributed by atoms with Crippen molar-refractivity contribution in [3.05, 3.63) is 30.3 Å². The van der Waals surface area contributed by atoms with Gasteiger partial charge in [-0.25, -0.2) is 4.79 Å². The number of nitrogens with one attached hydrogen (secondary N) is 1. The number of amides is 1. The van der Waals surface area contributed by atoms with E-state index in [4.69, 9.17) is 65.8 Å². The van der Waals surface area contributed by atoms with Crippen molar-refractivity contribution in [1.29, 1.82) is 0 Å². The Bertz CT molecular complexity index is 1110. The minimum absolute atomic E-state index is 0.0647. The molecule has 0 aromatic heterocycles. The summed E-state index contributed by atoms with van der Waals surface area (Å²) in [6, 6.07) is 7.96. The Kier molecular flexibility index (Phi) is 34.5. The van der Waals surface area contributed by atoms with Gasteiger partial charge in [-0.2, -0.15) is 8.42 Å². The van der Waals surface area contributed by atoms with Crippen molar-refractivity contribution >= 4 is 16.2 Å². The van der Waals surface area contributed by atoms with E-state index < -0.39 is 21.8 Å². The summed E-state index contributed by atoms with van der Waals surface area (Å²) in [4.78, 5) is 11.6. The van der Waals surface area contributed by atoms with E-state index in [1.807, 2.05) is 20.8 Å². The van der Waals surface area contributed by atoms with Crippen molar-refractivity contribution in [2.75, 3.05) is 172 Å². The second-order valence-corrected chi connectivity index (χ2v) is 14.0. The van der Waals surface area contributed by atoms with Crippen LogP contribution in [0.2, 0.25) is 0 Å². The molecule has 0 fully saturated rings. The maximum absolute atomic E-state index is 12.0. The molecule has 0 saturated heterocycles. The molecule has 0 aliphatic heterocycles. The van der Waals surface area contributed by atoms with Crippen LogP contribution in [0, 0.1) is 0 Å². The third kappa shape index (κ3) is 36.3. The minimum atomic E-state index is -3.77. The van der Waals surface area contributed by atoms with Crippen molar-refractivity contribution in [1.82, 2.24) is 5.32 Å². The van der Waals surface area contributed by atoms with Crippen LogP contribution in [-0.4, -0.2) is 192 Å². The first-order valence-electron chi connectivity index (χ1n) is 19.0. The van der Waals surface area contributed by atoms with Crippen LogP contribution in [0.25, 0.3) is 0 Å². The first-order valence-corrected chi connectivity index (χ1v) is 20.5. The van der Waals surface area contributed by atoms with Crippen molar-refractivity contribution in [3.8, 4) is 0 Å². The van der Waals surface area contributed by atoms with E-state index >= 15 is 0 Å². The lowest BCUT2D eigenvalue weighted by Crippen LogP contribution is -2.34. The normalized spacial score (nSPS) is 12.0. The standard InChI is InChI=1S/C37H67NO17S/c1-37(2,3)55-36(39)38-9-10-42-11-12-43-13-14-44-15-16-45-17-18-46-19-20-47-21-22-48-23-24-49-25-26-50-27-28-51-29-30-52-31-32-53-33-34-54-56(40,41)35-7-5-4-6-8-35/h4-8H,9-34H2,1-3H3,(H,38,39). The SMILES string of the molecule is CC(C)(C)OC(=O)NCCOCCOCCOCCOCCOCCOCCOCCOCCOCCOCCOCCOCCOS(=O)(=O)c1ccccc1. The van der Waals surface area contributed by atoms with Gasteiger partial charge < -0.3 is 66.9 Å². The molecular formula is C37H67NO17S. The molecule has 56 heavy (non-hydrogen) atoms. The summed E-state index contributed by atoms with van der Waals surface area (Å²) >= 11 is 0. The molecule has 0 unspecified atom stereocenters. The smallest absolute Gasteiger partial charge is 0.407 e. The van der Waals surface area contributed by atoms with Gasteiger partial charge in [0.25, 0.3) is 10.1 Å². The van der Waals surface area contributed by atoms with E-state index in [-0.39, 0.29) is 18.1 Å². The molecule has 1 rings (SSSR count). The topological polar surface area (TPSA) is 192 Å². The zero-order valence-electron chi connectivity index (χ0n) is 33.6. The molecule has 1 aromatic carbocycles. The predicted octanol–water partition coefficient (Wildman–Crippen LogP) is 2.12. The lowest BCUT2D eigenvalue weighted by molar-refractivity contribution is -0.0285. The van der Waals surface area contributed by atoms with E-state index in [1.54, 1.807) is 18.2 Å². The lowest BCUT2D eigenvalue weighted by Gasteiger charge is -2.19. The van der Waals surface area contributed by atoms with Crippen LogP contribution in [0.15, 0.2) is 35.2 Å². The fourth-order valence-corrected chi connectivity index (χ4v) is 4.83. The van der Waals surface area contributed by atoms with Crippen molar-refractivity contribution in [3.63, 3.8) is 0 Å². The Morgan fingerprint density at radius 3 is 1.00 bits per heavy atom. The lowest BCUT2D eigenvalue weighted by atomic mass is 10.2. The average Bonchev–Trinajstić information content (AvgIpc) is 3.16. The molecule has 0 radical (unpaired) electrons.